The third-order valence-corrected chi connectivity index (χ3v) is 3.81. The van der Waals surface area contributed by atoms with E-state index in [9.17, 15) is 4.79 Å². The Morgan fingerprint density at radius 2 is 1.74 bits per heavy atom. The molecule has 130 valence electrons. The van der Waals surface area contributed by atoms with E-state index in [-0.39, 0.29) is 6.54 Å². The first kappa shape index (κ1) is 19.7. The first-order chi connectivity index (χ1) is 10.3. The van der Waals surface area contributed by atoms with Gasteiger partial charge in [-0.1, -0.05) is 12.7 Å². The average molecular weight is 324 g/mol. The smallest absolute Gasteiger partial charge is 0.459 e. The monoisotopic (exact) mass is 324 g/mol. The normalized spacial score (nSPS) is 20.3. The molecule has 0 amide bonds. The van der Waals surface area contributed by atoms with E-state index in [4.69, 9.17) is 19.9 Å². The van der Waals surface area contributed by atoms with Gasteiger partial charge >= 0.3 is 13.1 Å². The molecule has 7 heteroatoms. The summed E-state index contributed by atoms with van der Waals surface area (Å²) < 4.78 is 17.1. The predicted octanol–water partition coefficient (Wildman–Crippen LogP) is 2.21. The third-order valence-electron chi connectivity index (χ3n) is 3.81. The van der Waals surface area contributed by atoms with Crippen molar-refractivity contribution in [3.8, 4) is 0 Å². The number of hydrazine groups is 1. The van der Waals surface area contributed by atoms with Crippen molar-refractivity contribution in [2.75, 3.05) is 6.54 Å². The molecule has 0 aromatic heterocycles. The lowest BCUT2D eigenvalue weighted by atomic mass is 9.79. The first-order valence-corrected chi connectivity index (χ1v) is 7.70. The van der Waals surface area contributed by atoms with Gasteiger partial charge in [-0.15, -0.1) is 0 Å². The second-order valence-electron chi connectivity index (χ2n) is 7.68. The van der Waals surface area contributed by atoms with Crippen molar-refractivity contribution >= 4 is 13.1 Å². The molecule has 0 saturated carbocycles. The van der Waals surface area contributed by atoms with E-state index in [2.05, 4.69) is 6.58 Å². The molecule has 0 aromatic rings. The molecule has 23 heavy (non-hydrogen) atoms. The summed E-state index contributed by atoms with van der Waals surface area (Å²) in [5.74, 6) is 5.46. The van der Waals surface area contributed by atoms with Crippen molar-refractivity contribution in [2.24, 2.45) is 5.84 Å². The number of hydrogen-bond donors (Lipinski definition) is 1. The van der Waals surface area contributed by atoms with Gasteiger partial charge in [-0.3, -0.25) is 4.79 Å². The molecule has 1 rings (SSSR count). The van der Waals surface area contributed by atoms with Crippen molar-refractivity contribution in [2.45, 2.75) is 65.3 Å². The second-order valence-corrected chi connectivity index (χ2v) is 7.68. The van der Waals surface area contributed by atoms with Crippen LogP contribution in [0.25, 0.3) is 0 Å². The molecule has 2 N–H and O–H groups in total. The van der Waals surface area contributed by atoms with Crippen LogP contribution in [0.4, 0.5) is 0 Å². The largest absolute Gasteiger partial charge is 0.496 e. The minimum Gasteiger partial charge on any atom is -0.459 e. The van der Waals surface area contributed by atoms with Gasteiger partial charge in [0.2, 0.25) is 0 Å². The lowest BCUT2D eigenvalue weighted by Gasteiger charge is -2.32. The van der Waals surface area contributed by atoms with Crippen LogP contribution in [0.15, 0.2) is 24.3 Å². The Morgan fingerprint density at radius 1 is 1.26 bits per heavy atom. The number of esters is 1. The molecule has 1 fully saturated rings. The fourth-order valence-corrected chi connectivity index (χ4v) is 1.95. The fraction of sp³-hybridized carbons (Fsp3) is 0.688. The minimum atomic E-state index is -0.581. The van der Waals surface area contributed by atoms with Crippen LogP contribution in [-0.2, 0) is 18.8 Å². The van der Waals surface area contributed by atoms with Gasteiger partial charge in [-0.25, -0.2) is 5.84 Å². The van der Waals surface area contributed by atoms with E-state index < -0.39 is 29.9 Å². The molecular weight excluding hydrogens is 295 g/mol. The SMILES string of the molecule is C=C/C(=C\N(N)CC(=O)OC(C)(C)C)B1OC(C)(C)C(C)(C)O1. The number of carbonyl (C=O) groups excluding carboxylic acids is 1. The van der Waals surface area contributed by atoms with Crippen LogP contribution >= 0.6 is 0 Å². The van der Waals surface area contributed by atoms with Crippen molar-refractivity contribution in [1.29, 1.82) is 0 Å². The molecule has 6 nitrogen and oxygen atoms in total. The molecule has 0 aliphatic carbocycles. The summed E-state index contributed by atoms with van der Waals surface area (Å²) in [5.41, 5.74) is -0.807. The number of hydrogen-bond acceptors (Lipinski definition) is 6. The van der Waals surface area contributed by atoms with E-state index in [0.717, 1.165) is 0 Å². The summed E-state index contributed by atoms with van der Waals surface area (Å²) in [6.45, 7) is 17.0. The second kappa shape index (κ2) is 6.67. The van der Waals surface area contributed by atoms with Crippen LogP contribution in [-0.4, -0.2) is 41.4 Å². The van der Waals surface area contributed by atoms with E-state index in [1.54, 1.807) is 33.0 Å². The van der Waals surface area contributed by atoms with E-state index >= 15 is 0 Å². The summed E-state index contributed by atoms with van der Waals surface area (Å²) in [5, 5.41) is 1.25. The van der Waals surface area contributed by atoms with Gasteiger partial charge < -0.3 is 19.1 Å². The van der Waals surface area contributed by atoms with Gasteiger partial charge in [0.05, 0.1) is 11.2 Å². The summed E-state index contributed by atoms with van der Waals surface area (Å²) in [4.78, 5) is 11.8. The number of rotatable bonds is 5. The molecule has 1 aliphatic heterocycles. The van der Waals surface area contributed by atoms with E-state index in [1.165, 1.54) is 5.01 Å². The van der Waals surface area contributed by atoms with Crippen LogP contribution in [0.3, 0.4) is 0 Å². The number of nitrogens with zero attached hydrogens (tertiary/aromatic N) is 1. The van der Waals surface area contributed by atoms with Crippen LogP contribution in [0, 0.1) is 0 Å². The van der Waals surface area contributed by atoms with Crippen molar-refractivity contribution in [1.82, 2.24) is 5.01 Å². The van der Waals surface area contributed by atoms with Gasteiger partial charge in [-0.05, 0) is 53.9 Å². The zero-order valence-electron chi connectivity index (χ0n) is 15.3. The van der Waals surface area contributed by atoms with Crippen LogP contribution in [0.2, 0.25) is 0 Å². The molecule has 1 saturated heterocycles. The average Bonchev–Trinajstić information content (AvgIpc) is 2.52. The van der Waals surface area contributed by atoms with Crippen LogP contribution in [0.5, 0.6) is 0 Å². The maximum Gasteiger partial charge on any atom is 0.496 e. The standard InChI is InChI=1S/C16H29BN2O4/c1-9-12(17-22-15(5,6)16(7,8)23-17)10-19(18)11-13(20)21-14(2,3)4/h9-10H,1,11,18H2,2-8H3/b12-10+. The maximum absolute atomic E-state index is 11.8. The molecule has 0 bridgehead atoms. The molecule has 0 unspecified atom stereocenters. The van der Waals surface area contributed by atoms with Gasteiger partial charge in [0.15, 0.2) is 0 Å². The van der Waals surface area contributed by atoms with E-state index in [1.807, 2.05) is 27.7 Å². The highest BCUT2D eigenvalue weighted by Crippen LogP contribution is 2.38. The molecule has 0 radical (unpaired) electrons. The zero-order chi connectivity index (χ0) is 18.1. The Kier molecular flexibility index (Phi) is 5.72. The third kappa shape index (κ3) is 5.37. The fourth-order valence-electron chi connectivity index (χ4n) is 1.95. The molecular formula is C16H29BN2O4. The Balaban J connectivity index is 2.76. The van der Waals surface area contributed by atoms with Crippen LogP contribution in [0.1, 0.15) is 48.5 Å². The van der Waals surface area contributed by atoms with Crippen molar-refractivity contribution in [3.63, 3.8) is 0 Å². The number of ether oxygens (including phenoxy) is 1. The lowest BCUT2D eigenvalue weighted by Crippen LogP contribution is -2.41. The number of allylic oxidation sites excluding steroid dienone is 2. The summed E-state index contributed by atoms with van der Waals surface area (Å²) in [6, 6.07) is 0. The summed E-state index contributed by atoms with van der Waals surface area (Å²) in [6.07, 6.45) is 3.19. The highest BCUT2D eigenvalue weighted by Gasteiger charge is 2.52. The van der Waals surface area contributed by atoms with E-state index in [0.29, 0.717) is 5.47 Å². The van der Waals surface area contributed by atoms with Crippen molar-refractivity contribution in [3.05, 3.63) is 24.3 Å². The Bertz CT molecular complexity index is 479. The topological polar surface area (TPSA) is 74.0 Å². The molecule has 0 spiro atoms. The van der Waals surface area contributed by atoms with Gasteiger partial charge in [-0.2, -0.15) is 0 Å². The quantitative estimate of drug-likeness (QED) is 0.275. The molecule has 1 aliphatic rings. The molecule has 0 atom stereocenters. The summed E-state index contributed by atoms with van der Waals surface area (Å²) in [7, 11) is -0.581. The number of nitrogens with two attached hydrogens (primary N) is 1. The molecule has 1 heterocycles. The Hall–Kier alpha value is -1.31. The predicted molar refractivity (Wildman–Crippen MR) is 91.1 cm³/mol. The van der Waals surface area contributed by atoms with Crippen molar-refractivity contribution < 1.29 is 18.8 Å². The Morgan fingerprint density at radius 3 is 2.13 bits per heavy atom. The maximum atomic E-state index is 11.8. The first-order valence-electron chi connectivity index (χ1n) is 7.70. The van der Waals surface area contributed by atoms with Gasteiger partial charge in [0, 0.05) is 6.20 Å². The minimum absolute atomic E-state index is 0.0753. The Labute approximate surface area is 139 Å². The van der Waals surface area contributed by atoms with Gasteiger partial charge in [0.25, 0.3) is 0 Å². The highest BCUT2D eigenvalue weighted by molar-refractivity contribution is 6.55. The molecule has 0 aromatic carbocycles. The van der Waals surface area contributed by atoms with Gasteiger partial charge in [0.1, 0.15) is 12.1 Å². The summed E-state index contributed by atoms with van der Waals surface area (Å²) >= 11 is 0. The lowest BCUT2D eigenvalue weighted by molar-refractivity contribution is -0.155. The highest BCUT2D eigenvalue weighted by atomic mass is 16.7. The van der Waals surface area contributed by atoms with Crippen LogP contribution < -0.4 is 5.84 Å². The number of carbonyl (C=O) groups is 1. The zero-order valence-corrected chi connectivity index (χ0v) is 15.3.